The van der Waals surface area contributed by atoms with Gasteiger partial charge >= 0.3 is 0 Å². The van der Waals surface area contributed by atoms with E-state index >= 15 is 0 Å². The Kier molecular flexibility index (Phi) is 7.05. The number of allylic oxidation sites excluding steroid dienone is 2. The predicted molar refractivity (Wildman–Crippen MR) is 116 cm³/mol. The van der Waals surface area contributed by atoms with Crippen LogP contribution in [0.25, 0.3) is 0 Å². The molecule has 2 rings (SSSR count). The van der Waals surface area contributed by atoms with Crippen molar-refractivity contribution in [3.05, 3.63) is 70.4 Å². The molecule has 0 saturated carbocycles. The van der Waals surface area contributed by atoms with Crippen molar-refractivity contribution in [2.45, 2.75) is 53.4 Å². The van der Waals surface area contributed by atoms with Crippen molar-refractivity contribution < 1.29 is 0 Å². The summed E-state index contributed by atoms with van der Waals surface area (Å²) in [6, 6.07) is 14.2. The van der Waals surface area contributed by atoms with Crippen LogP contribution >= 0.6 is 11.6 Å². The van der Waals surface area contributed by atoms with E-state index in [-0.39, 0.29) is 0 Å². The Balaban J connectivity index is 2.32. The normalized spacial score (nSPS) is 12.8. The van der Waals surface area contributed by atoms with Crippen LogP contribution in [0.3, 0.4) is 0 Å². The highest BCUT2D eigenvalue weighted by molar-refractivity contribution is 6.30. The Hall–Kier alpha value is -2.06. The summed E-state index contributed by atoms with van der Waals surface area (Å²) in [6.07, 6.45) is 2.08. The van der Waals surface area contributed by atoms with Gasteiger partial charge < -0.3 is 5.32 Å². The number of nitrogens with one attached hydrogen (secondary N) is 1. The minimum atomic E-state index is 0.442. The molecule has 0 aromatic heterocycles. The molecule has 2 aromatic carbocycles. The molecule has 26 heavy (non-hydrogen) atoms. The van der Waals surface area contributed by atoms with Crippen LogP contribution < -0.4 is 5.32 Å². The second kappa shape index (κ2) is 9.05. The van der Waals surface area contributed by atoms with Gasteiger partial charge in [-0.25, -0.2) is 0 Å². The maximum absolute atomic E-state index is 5.94. The smallest absolute Gasteiger partial charge is 0.0701 e. The third kappa shape index (κ3) is 5.47. The number of nitrogens with zero attached hydrogens (tertiary/aromatic N) is 1. The fourth-order valence-electron chi connectivity index (χ4n) is 2.96. The van der Waals surface area contributed by atoms with Crippen molar-refractivity contribution >= 4 is 28.7 Å². The molecule has 0 spiro atoms. The molecule has 0 unspecified atom stereocenters. The third-order valence-corrected chi connectivity index (χ3v) is 4.49. The number of rotatable bonds is 6. The van der Waals surface area contributed by atoms with Crippen LogP contribution in [0.1, 0.15) is 64.5 Å². The van der Waals surface area contributed by atoms with E-state index in [0.717, 1.165) is 27.8 Å². The highest BCUT2D eigenvalue weighted by Gasteiger charge is 2.13. The zero-order chi connectivity index (χ0) is 19.3. The summed E-state index contributed by atoms with van der Waals surface area (Å²) in [7, 11) is 0. The van der Waals surface area contributed by atoms with E-state index in [1.54, 1.807) is 0 Å². The summed E-state index contributed by atoms with van der Waals surface area (Å²) >= 11 is 5.94. The van der Waals surface area contributed by atoms with Crippen LogP contribution in [-0.2, 0) is 0 Å². The molecule has 0 bridgehead atoms. The van der Waals surface area contributed by atoms with Gasteiger partial charge in [0.1, 0.15) is 0 Å². The van der Waals surface area contributed by atoms with Crippen molar-refractivity contribution in [1.29, 1.82) is 0 Å². The number of hydrogen-bond acceptors (Lipinski definition) is 2. The second-order valence-electron chi connectivity index (χ2n) is 7.31. The first-order valence-corrected chi connectivity index (χ1v) is 9.54. The molecule has 0 radical (unpaired) electrons. The van der Waals surface area contributed by atoms with E-state index < -0.39 is 0 Å². The number of halogens is 1. The average molecular weight is 369 g/mol. The number of hydrogen-bond donors (Lipinski definition) is 1. The fourth-order valence-corrected chi connectivity index (χ4v) is 3.09. The molecule has 0 aliphatic heterocycles. The average Bonchev–Trinajstić information content (AvgIpc) is 2.56. The van der Waals surface area contributed by atoms with Crippen molar-refractivity contribution in [2.24, 2.45) is 4.99 Å². The fraction of sp³-hybridized carbons (Fsp3) is 0.348. The molecule has 0 amide bonds. The van der Waals surface area contributed by atoms with E-state index in [1.807, 2.05) is 38.1 Å². The summed E-state index contributed by atoms with van der Waals surface area (Å²) < 4.78 is 0. The van der Waals surface area contributed by atoms with Gasteiger partial charge in [0.05, 0.1) is 5.69 Å². The van der Waals surface area contributed by atoms with E-state index in [0.29, 0.717) is 11.8 Å². The minimum Gasteiger partial charge on any atom is -0.359 e. The number of benzene rings is 2. The topological polar surface area (TPSA) is 24.4 Å². The molecule has 2 nitrogen and oxygen atoms in total. The zero-order valence-corrected chi connectivity index (χ0v) is 17.4. The molecule has 0 atom stereocenters. The summed E-state index contributed by atoms with van der Waals surface area (Å²) in [6.45, 7) is 13.0. The number of para-hydroxylation sites is 1. The molecular formula is C23H29ClN2. The summed E-state index contributed by atoms with van der Waals surface area (Å²) in [5.41, 5.74) is 6.76. The van der Waals surface area contributed by atoms with Crippen LogP contribution in [0.5, 0.6) is 0 Å². The zero-order valence-electron chi connectivity index (χ0n) is 16.6. The Bertz CT molecular complexity index is 773. The SMILES string of the molecule is CC(/C=C(\C)Nc1ccc(Cl)cc1)=Nc1c(C(C)C)cccc1C(C)C. The first-order valence-electron chi connectivity index (χ1n) is 9.17. The molecule has 0 heterocycles. The summed E-state index contributed by atoms with van der Waals surface area (Å²) in [4.78, 5) is 4.98. The molecule has 2 aromatic rings. The highest BCUT2D eigenvalue weighted by atomic mass is 35.5. The van der Waals surface area contributed by atoms with Crippen LogP contribution in [0.15, 0.2) is 59.2 Å². The van der Waals surface area contributed by atoms with Crippen LogP contribution in [-0.4, -0.2) is 5.71 Å². The first-order chi connectivity index (χ1) is 12.3. The van der Waals surface area contributed by atoms with Gasteiger partial charge in [-0.1, -0.05) is 57.5 Å². The van der Waals surface area contributed by atoms with Gasteiger partial charge in [-0.05, 0) is 67.2 Å². The Morgan fingerprint density at radius 2 is 1.46 bits per heavy atom. The molecule has 3 heteroatoms. The van der Waals surface area contributed by atoms with Gasteiger partial charge in [0, 0.05) is 22.1 Å². The van der Waals surface area contributed by atoms with E-state index in [9.17, 15) is 0 Å². The highest BCUT2D eigenvalue weighted by Crippen LogP contribution is 2.34. The number of aliphatic imine (C=N–C) groups is 1. The van der Waals surface area contributed by atoms with Crippen molar-refractivity contribution in [2.75, 3.05) is 5.32 Å². The van der Waals surface area contributed by atoms with Gasteiger partial charge in [-0.3, -0.25) is 4.99 Å². The van der Waals surface area contributed by atoms with Crippen molar-refractivity contribution in [3.8, 4) is 0 Å². The van der Waals surface area contributed by atoms with Gasteiger partial charge in [0.25, 0.3) is 0 Å². The van der Waals surface area contributed by atoms with Gasteiger partial charge in [-0.2, -0.15) is 0 Å². The summed E-state index contributed by atoms with van der Waals surface area (Å²) in [5, 5.41) is 4.12. The van der Waals surface area contributed by atoms with E-state index in [1.165, 1.54) is 11.1 Å². The predicted octanol–water partition coefficient (Wildman–Crippen LogP) is 7.70. The first kappa shape index (κ1) is 20.3. The molecule has 0 saturated heterocycles. The van der Waals surface area contributed by atoms with Crippen LogP contribution in [0.4, 0.5) is 11.4 Å². The lowest BCUT2D eigenvalue weighted by Gasteiger charge is -2.17. The monoisotopic (exact) mass is 368 g/mol. The quantitative estimate of drug-likeness (QED) is 0.519. The Morgan fingerprint density at radius 3 is 1.96 bits per heavy atom. The van der Waals surface area contributed by atoms with E-state index in [4.69, 9.17) is 16.6 Å². The van der Waals surface area contributed by atoms with Crippen molar-refractivity contribution in [1.82, 2.24) is 0 Å². The molecule has 0 aliphatic carbocycles. The molecular weight excluding hydrogens is 340 g/mol. The standard InChI is InChI=1S/C23H29ClN2/c1-15(2)21-8-7-9-22(16(3)4)23(21)26-18(6)14-17(5)25-20-12-10-19(24)11-13-20/h7-16,25H,1-6H3/b17-14+,26-18?. The Labute approximate surface area is 163 Å². The molecule has 138 valence electrons. The molecule has 0 fully saturated rings. The van der Waals surface area contributed by atoms with E-state index in [2.05, 4.69) is 57.3 Å². The molecule has 0 aliphatic rings. The van der Waals surface area contributed by atoms with Crippen LogP contribution in [0.2, 0.25) is 5.02 Å². The molecule has 1 N–H and O–H groups in total. The lowest BCUT2D eigenvalue weighted by molar-refractivity contribution is 0.834. The van der Waals surface area contributed by atoms with Crippen LogP contribution in [0, 0.1) is 0 Å². The van der Waals surface area contributed by atoms with Gasteiger partial charge in [0.2, 0.25) is 0 Å². The lowest BCUT2D eigenvalue weighted by atomic mass is 9.93. The van der Waals surface area contributed by atoms with Gasteiger partial charge in [0.15, 0.2) is 0 Å². The summed E-state index contributed by atoms with van der Waals surface area (Å²) in [5.74, 6) is 0.884. The largest absolute Gasteiger partial charge is 0.359 e. The third-order valence-electron chi connectivity index (χ3n) is 4.24. The minimum absolute atomic E-state index is 0.442. The maximum Gasteiger partial charge on any atom is 0.0701 e. The lowest BCUT2D eigenvalue weighted by Crippen LogP contribution is -2.00. The number of anilines is 1. The Morgan fingerprint density at radius 1 is 0.923 bits per heavy atom. The second-order valence-corrected chi connectivity index (χ2v) is 7.74. The maximum atomic E-state index is 5.94. The van der Waals surface area contributed by atoms with Gasteiger partial charge in [-0.15, -0.1) is 0 Å². The van der Waals surface area contributed by atoms with Crippen molar-refractivity contribution in [3.63, 3.8) is 0 Å².